The maximum Gasteiger partial charge on any atom is 0.226 e. The van der Waals surface area contributed by atoms with Gasteiger partial charge in [0.05, 0.1) is 5.92 Å². The number of rotatable bonds is 8. The number of likely N-dealkylation sites (tertiary alicyclic amines) is 1. The molecule has 2 aliphatic rings. The normalized spacial score (nSPS) is 23.0. The van der Waals surface area contributed by atoms with E-state index in [9.17, 15) is 4.79 Å². The summed E-state index contributed by atoms with van der Waals surface area (Å²) in [5.74, 6) is 1.01. The third kappa shape index (κ3) is 4.74. The molecule has 196 valence electrons. The van der Waals surface area contributed by atoms with E-state index < -0.39 is 0 Å². The van der Waals surface area contributed by atoms with Gasteiger partial charge in [0.25, 0.3) is 0 Å². The zero-order valence-electron chi connectivity index (χ0n) is 23.1. The van der Waals surface area contributed by atoms with Crippen LogP contribution in [0.15, 0.2) is 61.6 Å². The molecule has 1 aliphatic carbocycles. The number of aromatic nitrogens is 2. The van der Waals surface area contributed by atoms with Crippen molar-refractivity contribution in [3.8, 4) is 0 Å². The first-order chi connectivity index (χ1) is 17.8. The lowest BCUT2D eigenvalue weighted by molar-refractivity contribution is -0.139. The van der Waals surface area contributed by atoms with Crippen molar-refractivity contribution in [1.82, 2.24) is 19.4 Å². The topological polar surface area (TPSA) is 41.4 Å². The van der Waals surface area contributed by atoms with Crippen molar-refractivity contribution in [2.24, 2.45) is 5.92 Å². The van der Waals surface area contributed by atoms with E-state index in [2.05, 4.69) is 85.3 Å². The molecular weight excluding hydrogens is 456 g/mol. The Morgan fingerprint density at radius 1 is 1.19 bits per heavy atom. The van der Waals surface area contributed by atoms with Gasteiger partial charge >= 0.3 is 0 Å². The zero-order valence-corrected chi connectivity index (χ0v) is 23.1. The molecule has 3 unspecified atom stereocenters. The van der Waals surface area contributed by atoms with Crippen LogP contribution < -0.4 is 0 Å². The number of piperidine rings is 1. The smallest absolute Gasteiger partial charge is 0.226 e. The monoisotopic (exact) mass is 498 g/mol. The van der Waals surface area contributed by atoms with Gasteiger partial charge in [-0.15, -0.1) is 6.58 Å². The predicted octanol–water partition coefficient (Wildman–Crippen LogP) is 6.17. The van der Waals surface area contributed by atoms with Crippen LogP contribution in [0, 0.1) is 5.92 Å². The number of carbonyl (C=O) groups excluding carboxylic acids is 1. The van der Waals surface area contributed by atoms with Gasteiger partial charge in [0.15, 0.2) is 0 Å². The maximum atomic E-state index is 13.9. The van der Waals surface area contributed by atoms with Crippen LogP contribution >= 0.6 is 0 Å². The van der Waals surface area contributed by atoms with E-state index in [4.69, 9.17) is 0 Å². The van der Waals surface area contributed by atoms with Gasteiger partial charge in [-0.2, -0.15) is 0 Å². The number of benzene rings is 1. The Balaban J connectivity index is 1.39. The highest BCUT2D eigenvalue weighted by molar-refractivity contribution is 5.89. The summed E-state index contributed by atoms with van der Waals surface area (Å²) in [5, 5.41) is 1.43. The molecule has 37 heavy (non-hydrogen) atoms. The zero-order chi connectivity index (χ0) is 26.3. The fraction of sp³-hybridized carbons (Fsp3) is 0.500. The van der Waals surface area contributed by atoms with Crippen molar-refractivity contribution in [2.75, 3.05) is 20.1 Å². The number of pyridine rings is 1. The lowest BCUT2D eigenvalue weighted by Gasteiger charge is -2.47. The molecule has 0 saturated carbocycles. The summed E-state index contributed by atoms with van der Waals surface area (Å²) in [6, 6.07) is 12.0. The SMILES string of the molecule is C=CCN1C[C@H](C(=O)N(C)C(C)CC(C)c2ccncc2)CC2c3cccc4c3c(cn4C(C)C)C[C@H]21. The van der Waals surface area contributed by atoms with Crippen LogP contribution in [0.5, 0.6) is 0 Å². The van der Waals surface area contributed by atoms with Gasteiger partial charge in [-0.05, 0) is 80.8 Å². The van der Waals surface area contributed by atoms with Crippen molar-refractivity contribution in [3.63, 3.8) is 0 Å². The van der Waals surface area contributed by atoms with Gasteiger partial charge in [0.2, 0.25) is 5.91 Å². The van der Waals surface area contributed by atoms with Gasteiger partial charge < -0.3 is 9.47 Å². The number of fused-ring (bicyclic) bond motifs is 2. The molecule has 5 rings (SSSR count). The number of carbonyl (C=O) groups is 1. The molecule has 1 aromatic carbocycles. The van der Waals surface area contributed by atoms with Crippen LogP contribution in [-0.4, -0.2) is 57.5 Å². The summed E-state index contributed by atoms with van der Waals surface area (Å²) in [6.07, 6.45) is 11.0. The van der Waals surface area contributed by atoms with Crippen molar-refractivity contribution in [2.45, 2.75) is 76.9 Å². The number of hydrogen-bond acceptors (Lipinski definition) is 3. The van der Waals surface area contributed by atoms with Gasteiger partial charge in [-0.3, -0.25) is 14.7 Å². The van der Waals surface area contributed by atoms with E-state index in [1.807, 2.05) is 30.4 Å². The summed E-state index contributed by atoms with van der Waals surface area (Å²) in [4.78, 5) is 22.6. The molecule has 0 N–H and O–H groups in total. The Kier molecular flexibility index (Phi) is 7.26. The van der Waals surface area contributed by atoms with Crippen molar-refractivity contribution in [3.05, 3.63) is 78.3 Å². The molecule has 3 heterocycles. The van der Waals surface area contributed by atoms with Gasteiger partial charge in [0, 0.05) is 73.7 Å². The highest BCUT2D eigenvalue weighted by Crippen LogP contribution is 2.46. The van der Waals surface area contributed by atoms with Gasteiger partial charge in [-0.25, -0.2) is 0 Å². The minimum absolute atomic E-state index is 0.00567. The maximum absolute atomic E-state index is 13.9. The molecular formula is C32H42N4O. The van der Waals surface area contributed by atoms with E-state index in [0.29, 0.717) is 23.9 Å². The van der Waals surface area contributed by atoms with E-state index in [0.717, 1.165) is 32.4 Å². The first-order valence-electron chi connectivity index (χ1n) is 13.9. The average Bonchev–Trinajstić information content (AvgIpc) is 3.28. The number of amides is 1. The quantitative estimate of drug-likeness (QED) is 0.349. The van der Waals surface area contributed by atoms with E-state index >= 15 is 0 Å². The molecule has 1 saturated heterocycles. The van der Waals surface area contributed by atoms with Gasteiger partial charge in [0.1, 0.15) is 0 Å². The van der Waals surface area contributed by atoms with Crippen LogP contribution in [0.25, 0.3) is 10.9 Å². The Hall–Kier alpha value is -2.92. The molecule has 0 spiro atoms. The molecule has 5 nitrogen and oxygen atoms in total. The standard InChI is InChI=1S/C32H42N4O/c1-7-15-35-19-26(32(37)34(6)23(5)16-22(4)24-11-13-33-14-12-24)17-28-27-9-8-10-29-31(27)25(18-30(28)35)20-36(29)21(2)3/h7-14,20-23,26,28,30H,1,15-19H2,2-6H3/t22?,23?,26-,28?,30-/m1/s1. The lowest BCUT2D eigenvalue weighted by atomic mass is 9.72. The summed E-state index contributed by atoms with van der Waals surface area (Å²) in [7, 11) is 2.00. The van der Waals surface area contributed by atoms with E-state index in [-0.39, 0.29) is 17.9 Å². The molecule has 1 fully saturated rings. The molecule has 3 aromatic rings. The molecule has 0 bridgehead atoms. The second kappa shape index (κ2) is 10.4. The van der Waals surface area contributed by atoms with Crippen LogP contribution in [-0.2, 0) is 11.2 Å². The second-order valence-electron chi connectivity index (χ2n) is 11.7. The van der Waals surface area contributed by atoms with E-state index in [1.54, 1.807) is 0 Å². The van der Waals surface area contributed by atoms with Crippen molar-refractivity contribution in [1.29, 1.82) is 0 Å². The lowest BCUT2D eigenvalue weighted by Crippen LogP contribution is -2.54. The average molecular weight is 499 g/mol. The highest BCUT2D eigenvalue weighted by Gasteiger charge is 2.43. The first-order valence-corrected chi connectivity index (χ1v) is 13.9. The molecule has 2 aromatic heterocycles. The Morgan fingerprint density at radius 2 is 1.95 bits per heavy atom. The number of nitrogens with zero attached hydrogens (tertiary/aromatic N) is 4. The van der Waals surface area contributed by atoms with Crippen molar-refractivity contribution < 1.29 is 4.79 Å². The predicted molar refractivity (Wildman–Crippen MR) is 152 cm³/mol. The fourth-order valence-electron chi connectivity index (χ4n) is 6.92. The molecule has 1 amide bonds. The van der Waals surface area contributed by atoms with Gasteiger partial charge in [-0.1, -0.05) is 25.1 Å². The molecule has 1 aliphatic heterocycles. The molecule has 5 heteroatoms. The minimum Gasteiger partial charge on any atom is -0.345 e. The van der Waals surface area contributed by atoms with Crippen LogP contribution in [0.1, 0.15) is 75.1 Å². The largest absolute Gasteiger partial charge is 0.345 e. The Bertz CT molecular complexity index is 1260. The summed E-state index contributed by atoms with van der Waals surface area (Å²) < 4.78 is 2.42. The summed E-state index contributed by atoms with van der Waals surface area (Å²) in [5.41, 5.74) is 5.49. The Labute approximate surface area is 222 Å². The second-order valence-corrected chi connectivity index (χ2v) is 11.7. The third-order valence-electron chi connectivity index (χ3n) is 8.97. The van der Waals surface area contributed by atoms with Crippen LogP contribution in [0.4, 0.5) is 0 Å². The first kappa shape index (κ1) is 25.7. The van der Waals surface area contributed by atoms with E-state index in [1.165, 1.54) is 27.6 Å². The van der Waals surface area contributed by atoms with Crippen LogP contribution in [0.2, 0.25) is 0 Å². The highest BCUT2D eigenvalue weighted by atomic mass is 16.2. The Morgan fingerprint density at radius 3 is 2.65 bits per heavy atom. The molecule has 0 radical (unpaired) electrons. The number of hydrogen-bond donors (Lipinski definition) is 0. The summed E-state index contributed by atoms with van der Waals surface area (Å²) in [6.45, 7) is 14.6. The molecule has 5 atom stereocenters. The third-order valence-corrected chi connectivity index (χ3v) is 8.97. The van der Waals surface area contributed by atoms with Crippen LogP contribution in [0.3, 0.4) is 0 Å². The minimum atomic E-state index is -0.00567. The summed E-state index contributed by atoms with van der Waals surface area (Å²) >= 11 is 0. The fourth-order valence-corrected chi connectivity index (χ4v) is 6.92. The van der Waals surface area contributed by atoms with Crippen molar-refractivity contribution >= 4 is 16.8 Å².